The maximum atomic E-state index is 12.5. The van der Waals surface area contributed by atoms with E-state index in [1.807, 2.05) is 0 Å². The fraction of sp³-hybridized carbons (Fsp3) is 0.750. The summed E-state index contributed by atoms with van der Waals surface area (Å²) in [5.74, 6) is -0.622. The molecule has 2 fully saturated rings. The normalized spacial score (nSPS) is 31.6. The highest BCUT2D eigenvalue weighted by atomic mass is 16.6. The Morgan fingerprint density at radius 2 is 1.75 bits per heavy atom. The van der Waals surface area contributed by atoms with Gasteiger partial charge in [0.2, 0.25) is 0 Å². The molecule has 0 bridgehead atoms. The van der Waals surface area contributed by atoms with Crippen LogP contribution >= 0.6 is 0 Å². The Morgan fingerprint density at radius 3 is 2.40 bits per heavy atom. The van der Waals surface area contributed by atoms with Crippen LogP contribution in [0, 0.1) is 11.8 Å². The molecule has 0 radical (unpaired) electrons. The number of carbonyl (C=O) groups is 2. The molecule has 4 nitrogen and oxygen atoms in total. The minimum atomic E-state index is -0.859. The van der Waals surface area contributed by atoms with E-state index in [2.05, 4.69) is 6.58 Å². The number of aliphatic hydroxyl groups excluding tert-OH is 1. The number of Topliss-reactive ketones (excluding diaryl/α,β-unsaturated/α-hetero) is 1. The van der Waals surface area contributed by atoms with E-state index in [1.165, 1.54) is 6.42 Å². The molecule has 112 valence electrons. The number of esters is 1. The van der Waals surface area contributed by atoms with Crippen LogP contribution in [0.2, 0.25) is 0 Å². The quantitative estimate of drug-likeness (QED) is 0.634. The second-order valence-corrected chi connectivity index (χ2v) is 5.94. The van der Waals surface area contributed by atoms with Gasteiger partial charge in [0.25, 0.3) is 0 Å². The lowest BCUT2D eigenvalue weighted by Gasteiger charge is -2.35. The molecule has 2 aliphatic carbocycles. The summed E-state index contributed by atoms with van der Waals surface area (Å²) >= 11 is 0. The first-order valence-electron chi connectivity index (χ1n) is 7.68. The summed E-state index contributed by atoms with van der Waals surface area (Å²) in [4.78, 5) is 23.8. The van der Waals surface area contributed by atoms with Gasteiger partial charge in [-0.1, -0.05) is 25.8 Å². The number of rotatable bonds is 4. The summed E-state index contributed by atoms with van der Waals surface area (Å²) in [6.45, 7) is 3.36. The highest BCUT2D eigenvalue weighted by Gasteiger charge is 2.40. The summed E-state index contributed by atoms with van der Waals surface area (Å²) in [6, 6.07) is 0. The van der Waals surface area contributed by atoms with Crippen molar-refractivity contribution >= 4 is 11.8 Å². The molecule has 3 unspecified atom stereocenters. The van der Waals surface area contributed by atoms with E-state index in [4.69, 9.17) is 4.74 Å². The van der Waals surface area contributed by atoms with Gasteiger partial charge in [0.05, 0.1) is 0 Å². The lowest BCUT2D eigenvalue weighted by Crippen LogP contribution is -2.45. The van der Waals surface area contributed by atoms with Gasteiger partial charge in [0.1, 0.15) is 18.0 Å². The molecule has 3 atom stereocenters. The van der Waals surface area contributed by atoms with Crippen LogP contribution in [-0.2, 0) is 14.3 Å². The third-order valence-electron chi connectivity index (χ3n) is 4.60. The van der Waals surface area contributed by atoms with Crippen LogP contribution in [0.25, 0.3) is 0 Å². The van der Waals surface area contributed by atoms with Crippen LogP contribution in [0.3, 0.4) is 0 Å². The molecule has 0 heterocycles. The van der Waals surface area contributed by atoms with Gasteiger partial charge in [-0.05, 0) is 32.1 Å². The minimum Gasteiger partial charge on any atom is -0.456 e. The minimum absolute atomic E-state index is 0.0947. The Bertz CT molecular complexity index is 371. The van der Waals surface area contributed by atoms with E-state index in [-0.39, 0.29) is 17.6 Å². The molecule has 2 aliphatic rings. The summed E-state index contributed by atoms with van der Waals surface area (Å²) in [6.07, 6.45) is 7.12. The molecule has 2 rings (SSSR count). The molecule has 1 N–H and O–H groups in total. The standard InChI is InChI=1S/C16H24O4/c1-2-14(17)20-13-10-6-9-12(16(13)19)15(18)11-7-4-3-5-8-11/h2,11-13,16,19H,1,3-10H2. The van der Waals surface area contributed by atoms with Crippen molar-refractivity contribution in [3.05, 3.63) is 12.7 Å². The topological polar surface area (TPSA) is 63.6 Å². The third kappa shape index (κ3) is 3.48. The van der Waals surface area contributed by atoms with E-state index in [9.17, 15) is 14.7 Å². The van der Waals surface area contributed by atoms with Crippen LogP contribution in [0.4, 0.5) is 0 Å². The van der Waals surface area contributed by atoms with Crippen molar-refractivity contribution in [3.8, 4) is 0 Å². The number of hydrogen-bond acceptors (Lipinski definition) is 4. The number of carbonyl (C=O) groups excluding carboxylic acids is 2. The first kappa shape index (κ1) is 15.2. The van der Waals surface area contributed by atoms with Crippen molar-refractivity contribution in [1.29, 1.82) is 0 Å². The van der Waals surface area contributed by atoms with E-state index >= 15 is 0 Å². The lowest BCUT2D eigenvalue weighted by atomic mass is 9.74. The third-order valence-corrected chi connectivity index (χ3v) is 4.60. The van der Waals surface area contributed by atoms with Crippen molar-refractivity contribution in [3.63, 3.8) is 0 Å². The first-order valence-corrected chi connectivity index (χ1v) is 7.68. The molecule has 0 aliphatic heterocycles. The number of aliphatic hydroxyl groups is 1. The smallest absolute Gasteiger partial charge is 0.330 e. The average Bonchev–Trinajstić information content (AvgIpc) is 2.49. The molecule has 4 heteroatoms. The van der Waals surface area contributed by atoms with Gasteiger partial charge in [0, 0.05) is 17.9 Å². The lowest BCUT2D eigenvalue weighted by molar-refractivity contribution is -0.159. The molecular weight excluding hydrogens is 256 g/mol. The van der Waals surface area contributed by atoms with E-state index in [0.29, 0.717) is 12.8 Å². The highest BCUT2D eigenvalue weighted by molar-refractivity contribution is 5.84. The van der Waals surface area contributed by atoms with Crippen LogP contribution in [0.15, 0.2) is 12.7 Å². The largest absolute Gasteiger partial charge is 0.456 e. The van der Waals surface area contributed by atoms with Crippen molar-refractivity contribution in [1.82, 2.24) is 0 Å². The zero-order valence-electron chi connectivity index (χ0n) is 11.9. The van der Waals surface area contributed by atoms with E-state index < -0.39 is 18.2 Å². The average molecular weight is 280 g/mol. The Balaban J connectivity index is 1.97. The van der Waals surface area contributed by atoms with Crippen LogP contribution in [0.5, 0.6) is 0 Å². The molecule has 0 spiro atoms. The molecule has 0 amide bonds. The van der Waals surface area contributed by atoms with Gasteiger partial charge in [0.15, 0.2) is 0 Å². The van der Waals surface area contributed by atoms with E-state index in [1.54, 1.807) is 0 Å². The Labute approximate surface area is 120 Å². The summed E-state index contributed by atoms with van der Waals surface area (Å²) in [5, 5.41) is 10.3. The number of ketones is 1. The molecule has 0 aromatic rings. The van der Waals surface area contributed by atoms with Gasteiger partial charge >= 0.3 is 5.97 Å². The maximum Gasteiger partial charge on any atom is 0.330 e. The second kappa shape index (κ2) is 7.02. The SMILES string of the molecule is C=CC(=O)OC1CCCC(C(=O)C2CCCCC2)C1O. The van der Waals surface area contributed by atoms with Gasteiger partial charge < -0.3 is 9.84 Å². The highest BCUT2D eigenvalue weighted by Crippen LogP contribution is 2.34. The zero-order chi connectivity index (χ0) is 14.5. The molecule has 20 heavy (non-hydrogen) atoms. The van der Waals surface area contributed by atoms with Crippen molar-refractivity contribution in [2.75, 3.05) is 0 Å². The predicted octanol–water partition coefficient (Wildman–Crippen LogP) is 2.39. The fourth-order valence-corrected chi connectivity index (χ4v) is 3.47. The zero-order valence-corrected chi connectivity index (χ0v) is 11.9. The Morgan fingerprint density at radius 1 is 1.05 bits per heavy atom. The fourth-order valence-electron chi connectivity index (χ4n) is 3.47. The van der Waals surface area contributed by atoms with Gasteiger partial charge in [-0.25, -0.2) is 4.79 Å². The molecular formula is C16H24O4. The number of hydrogen-bond donors (Lipinski definition) is 1. The summed E-state index contributed by atoms with van der Waals surface area (Å²) < 4.78 is 5.16. The molecule has 0 aromatic heterocycles. The second-order valence-electron chi connectivity index (χ2n) is 5.94. The van der Waals surface area contributed by atoms with Crippen molar-refractivity contribution < 1.29 is 19.4 Å². The Hall–Kier alpha value is -1.16. The van der Waals surface area contributed by atoms with Gasteiger partial charge in [-0.15, -0.1) is 0 Å². The first-order chi connectivity index (χ1) is 9.63. The number of ether oxygens (including phenoxy) is 1. The Kier molecular flexibility index (Phi) is 5.35. The molecule has 0 aromatic carbocycles. The summed E-state index contributed by atoms with van der Waals surface area (Å²) in [7, 11) is 0. The van der Waals surface area contributed by atoms with Crippen LogP contribution < -0.4 is 0 Å². The van der Waals surface area contributed by atoms with Crippen LogP contribution in [-0.4, -0.2) is 29.1 Å². The monoisotopic (exact) mass is 280 g/mol. The van der Waals surface area contributed by atoms with Gasteiger partial charge in [-0.2, -0.15) is 0 Å². The predicted molar refractivity (Wildman–Crippen MR) is 75.0 cm³/mol. The molecule has 2 saturated carbocycles. The van der Waals surface area contributed by atoms with Crippen molar-refractivity contribution in [2.24, 2.45) is 11.8 Å². The van der Waals surface area contributed by atoms with Crippen LogP contribution in [0.1, 0.15) is 51.4 Å². The molecule has 0 saturated heterocycles. The van der Waals surface area contributed by atoms with Crippen molar-refractivity contribution in [2.45, 2.75) is 63.6 Å². The summed E-state index contributed by atoms with van der Waals surface area (Å²) in [5.41, 5.74) is 0. The maximum absolute atomic E-state index is 12.5. The van der Waals surface area contributed by atoms with Gasteiger partial charge in [-0.3, -0.25) is 4.79 Å². The van der Waals surface area contributed by atoms with E-state index in [0.717, 1.165) is 38.2 Å².